The lowest BCUT2D eigenvalue weighted by molar-refractivity contribution is 0.102. The van der Waals surface area contributed by atoms with E-state index in [1.54, 1.807) is 12.4 Å². The van der Waals surface area contributed by atoms with Gasteiger partial charge in [0.1, 0.15) is 5.52 Å². The first-order valence-electron chi connectivity index (χ1n) is 10.6. The molecule has 1 aromatic heterocycles. The summed E-state index contributed by atoms with van der Waals surface area (Å²) >= 11 is 0. The zero-order valence-corrected chi connectivity index (χ0v) is 17.0. The van der Waals surface area contributed by atoms with Gasteiger partial charge in [-0.15, -0.1) is 0 Å². The van der Waals surface area contributed by atoms with Gasteiger partial charge in [0, 0.05) is 31.0 Å². The molecule has 0 unspecified atom stereocenters. The van der Waals surface area contributed by atoms with E-state index in [4.69, 9.17) is 0 Å². The molecular formula is C23H29N5O. The van der Waals surface area contributed by atoms with Gasteiger partial charge in [-0.3, -0.25) is 4.79 Å². The molecule has 3 aromatic rings. The van der Waals surface area contributed by atoms with Gasteiger partial charge in [-0.25, -0.2) is 4.98 Å². The minimum Gasteiger partial charge on any atom is -0.370 e. The predicted octanol–water partition coefficient (Wildman–Crippen LogP) is 4.13. The number of carbonyl (C=O) groups is 1. The second kappa shape index (κ2) is 9.09. The number of aromatic nitrogens is 2. The van der Waals surface area contributed by atoms with Gasteiger partial charge in [0.05, 0.1) is 17.4 Å². The van der Waals surface area contributed by atoms with E-state index in [2.05, 4.69) is 44.1 Å². The number of hydrogen-bond donors (Lipinski definition) is 2. The lowest BCUT2D eigenvalue weighted by Crippen LogP contribution is -2.31. The summed E-state index contributed by atoms with van der Waals surface area (Å²) in [6.07, 6.45) is 5.33. The van der Waals surface area contributed by atoms with Crippen molar-refractivity contribution in [2.24, 2.45) is 0 Å². The van der Waals surface area contributed by atoms with Gasteiger partial charge in [-0.05, 0) is 62.3 Å². The molecule has 0 radical (unpaired) electrons. The molecule has 6 heteroatoms. The summed E-state index contributed by atoms with van der Waals surface area (Å²) in [5, 5.41) is 2.99. The number of aromatic amines is 1. The first-order chi connectivity index (χ1) is 14.2. The van der Waals surface area contributed by atoms with Crippen molar-refractivity contribution in [1.82, 2.24) is 14.9 Å². The monoisotopic (exact) mass is 391 g/mol. The van der Waals surface area contributed by atoms with E-state index in [0.29, 0.717) is 11.1 Å². The molecule has 0 aliphatic carbocycles. The van der Waals surface area contributed by atoms with E-state index in [-0.39, 0.29) is 5.91 Å². The second-order valence-electron chi connectivity index (χ2n) is 7.64. The smallest absolute Gasteiger partial charge is 0.257 e. The molecule has 0 bridgehead atoms. The van der Waals surface area contributed by atoms with Crippen LogP contribution in [0.3, 0.4) is 0 Å². The molecule has 0 atom stereocenters. The number of carbonyl (C=O) groups excluding carboxylic acids is 1. The molecule has 152 valence electrons. The van der Waals surface area contributed by atoms with Crippen molar-refractivity contribution < 1.29 is 4.79 Å². The van der Waals surface area contributed by atoms with E-state index in [9.17, 15) is 4.79 Å². The molecule has 29 heavy (non-hydrogen) atoms. The van der Waals surface area contributed by atoms with Crippen LogP contribution in [-0.2, 0) is 0 Å². The van der Waals surface area contributed by atoms with E-state index < -0.39 is 0 Å². The van der Waals surface area contributed by atoms with Crippen LogP contribution in [0.2, 0.25) is 0 Å². The van der Waals surface area contributed by atoms with E-state index in [1.807, 2.05) is 24.3 Å². The minimum atomic E-state index is -0.142. The first-order valence-corrected chi connectivity index (χ1v) is 10.6. The molecule has 1 aliphatic rings. The summed E-state index contributed by atoms with van der Waals surface area (Å²) in [5.41, 5.74) is 4.15. The van der Waals surface area contributed by atoms with Crippen LogP contribution in [0.15, 0.2) is 48.8 Å². The molecule has 1 aliphatic heterocycles. The maximum Gasteiger partial charge on any atom is 0.257 e. The largest absolute Gasteiger partial charge is 0.370 e. The average Bonchev–Trinajstić information content (AvgIpc) is 3.11. The van der Waals surface area contributed by atoms with E-state index in [0.717, 1.165) is 30.8 Å². The van der Waals surface area contributed by atoms with Crippen LogP contribution in [0, 0.1) is 0 Å². The molecule has 0 spiro atoms. The quantitative estimate of drug-likeness (QED) is 0.663. The summed E-state index contributed by atoms with van der Waals surface area (Å²) in [4.78, 5) is 25.0. The third-order valence-electron chi connectivity index (χ3n) is 5.60. The number of unbranched alkanes of at least 4 members (excludes halogenated alkanes) is 1. The zero-order chi connectivity index (χ0) is 20.1. The number of H-pyrrole nitrogens is 1. The average molecular weight is 392 g/mol. The molecule has 1 fully saturated rings. The highest BCUT2D eigenvalue weighted by Gasteiger charge is 2.15. The predicted molar refractivity (Wildman–Crippen MR) is 119 cm³/mol. The number of imidazole rings is 1. The number of hydrogen-bond acceptors (Lipinski definition) is 4. The third kappa shape index (κ3) is 4.59. The minimum absolute atomic E-state index is 0.142. The Labute approximate surface area is 171 Å². The number of anilines is 2. The maximum absolute atomic E-state index is 12.7. The van der Waals surface area contributed by atoms with Crippen molar-refractivity contribution in [3.05, 3.63) is 54.4 Å². The molecule has 1 amide bonds. The fourth-order valence-electron chi connectivity index (χ4n) is 3.94. The Morgan fingerprint density at radius 3 is 2.79 bits per heavy atom. The highest BCUT2D eigenvalue weighted by atomic mass is 16.1. The molecule has 4 rings (SSSR count). The molecule has 2 heterocycles. The van der Waals surface area contributed by atoms with Gasteiger partial charge in [-0.2, -0.15) is 0 Å². The number of fused-ring (bicyclic) bond motifs is 1. The molecular weight excluding hydrogens is 362 g/mol. The van der Waals surface area contributed by atoms with Crippen molar-refractivity contribution >= 4 is 28.3 Å². The number of para-hydroxylation sites is 1. The Morgan fingerprint density at radius 1 is 1.10 bits per heavy atom. The number of rotatable bonds is 6. The van der Waals surface area contributed by atoms with Crippen molar-refractivity contribution in [3.8, 4) is 0 Å². The normalized spacial score (nSPS) is 15.4. The van der Waals surface area contributed by atoms with Crippen molar-refractivity contribution in [3.63, 3.8) is 0 Å². The lowest BCUT2D eigenvalue weighted by atomic mass is 10.1. The Balaban J connectivity index is 1.39. The molecule has 1 saturated heterocycles. The second-order valence-corrected chi connectivity index (χ2v) is 7.64. The molecule has 6 nitrogen and oxygen atoms in total. The van der Waals surface area contributed by atoms with Gasteiger partial charge >= 0.3 is 0 Å². The topological polar surface area (TPSA) is 64.3 Å². The molecule has 2 N–H and O–H groups in total. The van der Waals surface area contributed by atoms with Crippen LogP contribution in [-0.4, -0.2) is 53.5 Å². The number of nitrogens with zero attached hydrogens (tertiary/aromatic N) is 3. The van der Waals surface area contributed by atoms with Gasteiger partial charge in [0.2, 0.25) is 0 Å². The zero-order valence-electron chi connectivity index (χ0n) is 17.0. The molecule has 2 aromatic carbocycles. The lowest BCUT2D eigenvalue weighted by Gasteiger charge is -2.24. The van der Waals surface area contributed by atoms with Crippen molar-refractivity contribution in [2.45, 2.75) is 26.2 Å². The fourth-order valence-corrected chi connectivity index (χ4v) is 3.94. The summed E-state index contributed by atoms with van der Waals surface area (Å²) in [6, 6.07) is 13.8. The number of amides is 1. The Bertz CT molecular complexity index is 949. The van der Waals surface area contributed by atoms with Crippen LogP contribution in [0.1, 0.15) is 36.5 Å². The fraction of sp³-hybridized carbons (Fsp3) is 0.391. The number of nitrogens with one attached hydrogen (secondary N) is 2. The van der Waals surface area contributed by atoms with Crippen LogP contribution in [0.25, 0.3) is 11.0 Å². The van der Waals surface area contributed by atoms with Gasteiger partial charge in [0.25, 0.3) is 5.91 Å². The van der Waals surface area contributed by atoms with E-state index >= 15 is 0 Å². The molecule has 0 saturated carbocycles. The standard InChI is InChI=1S/C23H29N5O/c1-2-3-12-27-13-5-14-28(16-15-27)19-10-8-18(9-11-19)26-23(29)20-6-4-7-21-22(20)25-17-24-21/h4,6-11,17H,2-3,5,12-16H2,1H3,(H,24,25)(H,26,29). The summed E-state index contributed by atoms with van der Waals surface area (Å²) < 4.78 is 0. The first kappa shape index (κ1) is 19.5. The van der Waals surface area contributed by atoms with Crippen LogP contribution in [0.4, 0.5) is 11.4 Å². The van der Waals surface area contributed by atoms with Gasteiger partial charge < -0.3 is 20.1 Å². The summed E-state index contributed by atoms with van der Waals surface area (Å²) in [6.45, 7) is 7.89. The summed E-state index contributed by atoms with van der Waals surface area (Å²) in [5.74, 6) is -0.142. The van der Waals surface area contributed by atoms with Crippen LogP contribution >= 0.6 is 0 Å². The van der Waals surface area contributed by atoms with Crippen molar-refractivity contribution in [1.29, 1.82) is 0 Å². The SMILES string of the molecule is CCCCN1CCCN(c2ccc(NC(=O)c3cccc4[nH]cnc34)cc2)CC1. The van der Waals surface area contributed by atoms with Crippen LogP contribution in [0.5, 0.6) is 0 Å². The summed E-state index contributed by atoms with van der Waals surface area (Å²) in [7, 11) is 0. The van der Waals surface area contributed by atoms with E-state index in [1.165, 1.54) is 38.0 Å². The number of benzene rings is 2. The maximum atomic E-state index is 12.7. The third-order valence-corrected chi connectivity index (χ3v) is 5.60. The van der Waals surface area contributed by atoms with Crippen LogP contribution < -0.4 is 10.2 Å². The van der Waals surface area contributed by atoms with Gasteiger partial charge in [0.15, 0.2) is 0 Å². The Morgan fingerprint density at radius 2 is 1.97 bits per heavy atom. The highest BCUT2D eigenvalue weighted by molar-refractivity contribution is 6.11. The van der Waals surface area contributed by atoms with Gasteiger partial charge in [-0.1, -0.05) is 19.4 Å². The Kier molecular flexibility index (Phi) is 6.10. The highest BCUT2D eigenvalue weighted by Crippen LogP contribution is 2.21. The Hall–Kier alpha value is -2.86. The van der Waals surface area contributed by atoms with Crippen molar-refractivity contribution in [2.75, 3.05) is 42.9 Å².